The fourth-order valence-corrected chi connectivity index (χ4v) is 3.62. The maximum atomic E-state index is 13.2. The maximum absolute atomic E-state index is 13.2. The number of ether oxygens (including phenoxy) is 1. The van der Waals surface area contributed by atoms with Gasteiger partial charge in [0.1, 0.15) is 17.6 Å². The van der Waals surface area contributed by atoms with Crippen molar-refractivity contribution in [2.45, 2.75) is 25.8 Å². The highest BCUT2D eigenvalue weighted by molar-refractivity contribution is 5.94. The summed E-state index contributed by atoms with van der Waals surface area (Å²) >= 11 is 0. The van der Waals surface area contributed by atoms with Crippen molar-refractivity contribution < 1.29 is 9.53 Å². The second-order valence-corrected chi connectivity index (χ2v) is 8.38. The van der Waals surface area contributed by atoms with Crippen LogP contribution in [0, 0.1) is 6.92 Å². The predicted molar refractivity (Wildman–Crippen MR) is 133 cm³/mol. The van der Waals surface area contributed by atoms with E-state index < -0.39 is 6.04 Å². The lowest BCUT2D eigenvalue weighted by atomic mass is 9.98. The van der Waals surface area contributed by atoms with Gasteiger partial charge in [-0.25, -0.2) is 4.98 Å². The first-order chi connectivity index (χ1) is 16.5. The van der Waals surface area contributed by atoms with Gasteiger partial charge in [-0.3, -0.25) is 9.48 Å². The van der Waals surface area contributed by atoms with Gasteiger partial charge in [-0.15, -0.1) is 0 Å². The second kappa shape index (κ2) is 10.8. The number of carbonyl (C=O) groups is 1. The third-order valence-electron chi connectivity index (χ3n) is 5.57. The van der Waals surface area contributed by atoms with Gasteiger partial charge in [-0.2, -0.15) is 5.10 Å². The van der Waals surface area contributed by atoms with Crippen LogP contribution in [0.5, 0.6) is 11.5 Å². The zero-order valence-electron chi connectivity index (χ0n) is 19.6. The van der Waals surface area contributed by atoms with Crippen LogP contribution in [0.3, 0.4) is 0 Å². The number of rotatable bonds is 9. The molecule has 7 heteroatoms. The lowest BCUT2D eigenvalue weighted by Gasteiger charge is -2.21. The standard InChI is InChI=1S/C27H29N5O2/c1-19-9-11-21(12-10-19)20(2)15-29-26(22-7-5-4-6-8-22)27(33)31-25-14-13-23(16-28-25)34-24-17-30-32(3)18-24/h4-14,16-18,20,26,29H,15H2,1-3H3,(H,28,31,33)/t20-,26-/m0/s1. The Kier molecular flexibility index (Phi) is 7.34. The number of nitrogens with zero attached hydrogens (tertiary/aromatic N) is 3. The minimum Gasteiger partial charge on any atom is -0.452 e. The van der Waals surface area contributed by atoms with Gasteiger partial charge in [0.15, 0.2) is 5.75 Å². The molecule has 34 heavy (non-hydrogen) atoms. The van der Waals surface area contributed by atoms with E-state index in [0.29, 0.717) is 23.9 Å². The number of carbonyl (C=O) groups excluding carboxylic acids is 1. The van der Waals surface area contributed by atoms with E-state index in [1.54, 1.807) is 35.4 Å². The number of hydrogen-bond acceptors (Lipinski definition) is 5. The zero-order chi connectivity index (χ0) is 23.9. The highest BCUT2D eigenvalue weighted by Gasteiger charge is 2.21. The smallest absolute Gasteiger partial charge is 0.247 e. The molecule has 1 amide bonds. The number of nitrogens with one attached hydrogen (secondary N) is 2. The fourth-order valence-electron chi connectivity index (χ4n) is 3.62. The molecule has 0 saturated carbocycles. The van der Waals surface area contributed by atoms with Crippen LogP contribution in [0.4, 0.5) is 5.82 Å². The number of hydrogen-bond donors (Lipinski definition) is 2. The van der Waals surface area contributed by atoms with E-state index in [-0.39, 0.29) is 11.8 Å². The number of aryl methyl sites for hydroxylation is 2. The molecule has 0 saturated heterocycles. The number of pyridine rings is 1. The lowest BCUT2D eigenvalue weighted by Crippen LogP contribution is -2.35. The average Bonchev–Trinajstić information content (AvgIpc) is 3.26. The van der Waals surface area contributed by atoms with E-state index in [9.17, 15) is 4.79 Å². The minimum absolute atomic E-state index is 0.171. The quantitative estimate of drug-likeness (QED) is 0.372. The van der Waals surface area contributed by atoms with Crippen molar-refractivity contribution in [3.63, 3.8) is 0 Å². The van der Waals surface area contributed by atoms with E-state index in [1.165, 1.54) is 11.1 Å². The normalized spacial score (nSPS) is 12.7. The lowest BCUT2D eigenvalue weighted by molar-refractivity contribution is -0.118. The Bertz CT molecular complexity index is 1200. The Morgan fingerprint density at radius 1 is 0.971 bits per heavy atom. The molecule has 0 aliphatic carbocycles. The Balaban J connectivity index is 1.42. The summed E-state index contributed by atoms with van der Waals surface area (Å²) in [5.74, 6) is 1.73. The van der Waals surface area contributed by atoms with E-state index in [0.717, 1.165) is 5.56 Å². The first-order valence-electron chi connectivity index (χ1n) is 11.3. The van der Waals surface area contributed by atoms with Crippen LogP contribution >= 0.6 is 0 Å². The van der Waals surface area contributed by atoms with Crippen LogP contribution < -0.4 is 15.4 Å². The molecule has 0 radical (unpaired) electrons. The highest BCUT2D eigenvalue weighted by Crippen LogP contribution is 2.22. The van der Waals surface area contributed by atoms with Crippen LogP contribution in [0.15, 0.2) is 85.3 Å². The van der Waals surface area contributed by atoms with E-state index in [4.69, 9.17) is 4.74 Å². The Hall–Kier alpha value is -3.97. The van der Waals surface area contributed by atoms with Crippen LogP contribution in [0.2, 0.25) is 0 Å². The van der Waals surface area contributed by atoms with Crippen molar-refractivity contribution in [1.29, 1.82) is 0 Å². The van der Waals surface area contributed by atoms with E-state index in [2.05, 4.69) is 58.8 Å². The van der Waals surface area contributed by atoms with Crippen molar-refractivity contribution in [3.05, 3.63) is 102 Å². The first-order valence-corrected chi connectivity index (χ1v) is 11.3. The molecule has 174 valence electrons. The van der Waals surface area contributed by atoms with E-state index >= 15 is 0 Å². The largest absolute Gasteiger partial charge is 0.452 e. The third-order valence-corrected chi connectivity index (χ3v) is 5.57. The fraction of sp³-hybridized carbons (Fsp3) is 0.222. The van der Waals surface area contributed by atoms with Crippen molar-refractivity contribution in [1.82, 2.24) is 20.1 Å². The SMILES string of the molecule is Cc1ccc([C@@H](C)CN[C@H](C(=O)Nc2ccc(Oc3cnn(C)c3)cn2)c2ccccc2)cc1. The Labute approximate surface area is 199 Å². The summed E-state index contributed by atoms with van der Waals surface area (Å²) in [6.07, 6.45) is 4.97. The van der Waals surface area contributed by atoms with Gasteiger partial charge in [-0.05, 0) is 36.1 Å². The molecule has 2 aromatic heterocycles. The summed E-state index contributed by atoms with van der Waals surface area (Å²) in [5.41, 5.74) is 3.36. The van der Waals surface area contributed by atoms with E-state index in [1.807, 2.05) is 37.4 Å². The molecule has 2 aromatic carbocycles. The number of amides is 1. The van der Waals surface area contributed by atoms with Crippen molar-refractivity contribution >= 4 is 11.7 Å². The van der Waals surface area contributed by atoms with Gasteiger partial charge in [-0.1, -0.05) is 67.1 Å². The molecular formula is C27H29N5O2. The molecule has 0 fully saturated rings. The number of anilines is 1. The molecule has 2 heterocycles. The number of benzene rings is 2. The van der Waals surface area contributed by atoms with Crippen LogP contribution in [-0.2, 0) is 11.8 Å². The van der Waals surface area contributed by atoms with Gasteiger partial charge in [0.25, 0.3) is 0 Å². The molecule has 0 unspecified atom stereocenters. The minimum atomic E-state index is -0.512. The zero-order valence-corrected chi connectivity index (χ0v) is 19.6. The van der Waals surface area contributed by atoms with Gasteiger partial charge in [0.05, 0.1) is 18.6 Å². The molecule has 0 bridgehead atoms. The van der Waals surface area contributed by atoms with Crippen molar-refractivity contribution in [3.8, 4) is 11.5 Å². The molecule has 4 aromatic rings. The molecular weight excluding hydrogens is 426 g/mol. The van der Waals surface area contributed by atoms with Gasteiger partial charge in [0, 0.05) is 13.6 Å². The van der Waals surface area contributed by atoms with Crippen molar-refractivity contribution in [2.24, 2.45) is 7.05 Å². The summed E-state index contributed by atoms with van der Waals surface area (Å²) in [7, 11) is 1.82. The first kappa shape index (κ1) is 23.2. The molecule has 0 aliphatic rings. The predicted octanol–water partition coefficient (Wildman–Crippen LogP) is 4.99. The molecule has 2 N–H and O–H groups in total. The maximum Gasteiger partial charge on any atom is 0.247 e. The molecule has 7 nitrogen and oxygen atoms in total. The molecule has 2 atom stereocenters. The summed E-state index contributed by atoms with van der Waals surface area (Å²) in [4.78, 5) is 17.6. The second-order valence-electron chi connectivity index (χ2n) is 8.38. The summed E-state index contributed by atoms with van der Waals surface area (Å²) < 4.78 is 7.38. The molecule has 0 aliphatic heterocycles. The van der Waals surface area contributed by atoms with Crippen LogP contribution in [0.25, 0.3) is 0 Å². The Morgan fingerprint density at radius 3 is 2.38 bits per heavy atom. The topological polar surface area (TPSA) is 81.1 Å². The summed E-state index contributed by atoms with van der Waals surface area (Å²) in [5, 5.41) is 10.4. The Morgan fingerprint density at radius 2 is 1.74 bits per heavy atom. The van der Waals surface area contributed by atoms with Crippen LogP contribution in [0.1, 0.15) is 35.6 Å². The van der Waals surface area contributed by atoms with Crippen LogP contribution in [-0.4, -0.2) is 27.2 Å². The molecule has 4 rings (SSSR count). The van der Waals surface area contributed by atoms with Gasteiger partial charge in [0.2, 0.25) is 5.91 Å². The van der Waals surface area contributed by atoms with Gasteiger partial charge >= 0.3 is 0 Å². The average molecular weight is 456 g/mol. The highest BCUT2D eigenvalue weighted by atomic mass is 16.5. The van der Waals surface area contributed by atoms with Crippen molar-refractivity contribution in [2.75, 3.05) is 11.9 Å². The number of aromatic nitrogens is 3. The van der Waals surface area contributed by atoms with Gasteiger partial charge < -0.3 is 15.4 Å². The summed E-state index contributed by atoms with van der Waals surface area (Å²) in [6, 6.07) is 21.2. The third kappa shape index (κ3) is 6.08. The molecule has 0 spiro atoms. The monoisotopic (exact) mass is 455 g/mol. The summed E-state index contributed by atoms with van der Waals surface area (Å²) in [6.45, 7) is 4.88.